The molecule has 5 heteroatoms. The molecule has 0 aliphatic carbocycles. The fraction of sp³-hybridized carbons (Fsp3) is 0.182. The van der Waals surface area contributed by atoms with E-state index in [-0.39, 0.29) is 0 Å². The van der Waals surface area contributed by atoms with Gasteiger partial charge in [0.1, 0.15) is 5.69 Å². The molecule has 0 spiro atoms. The standard InChI is InChI=1S/C11H10BrClN2O/c1-5-7-3-6(13)4-8(12)10(7)15(2)9(5)11(14)16/h3-4H,1-2H3,(H2,14,16). The number of nitrogens with zero attached hydrogens (tertiary/aromatic N) is 1. The highest BCUT2D eigenvalue weighted by Gasteiger charge is 2.18. The summed E-state index contributed by atoms with van der Waals surface area (Å²) in [5, 5.41) is 1.57. The van der Waals surface area contributed by atoms with Gasteiger partial charge in [0.25, 0.3) is 5.91 Å². The zero-order chi connectivity index (χ0) is 12.0. The van der Waals surface area contributed by atoms with E-state index in [0.717, 1.165) is 20.9 Å². The number of halogens is 2. The molecule has 0 atom stereocenters. The highest BCUT2D eigenvalue weighted by Crippen LogP contribution is 2.33. The van der Waals surface area contributed by atoms with Crippen molar-refractivity contribution in [3.63, 3.8) is 0 Å². The predicted molar refractivity (Wildman–Crippen MR) is 68.9 cm³/mol. The number of hydrogen-bond donors (Lipinski definition) is 1. The Labute approximate surface area is 106 Å². The minimum Gasteiger partial charge on any atom is -0.364 e. The Bertz CT molecular complexity index is 604. The molecule has 0 saturated carbocycles. The van der Waals surface area contributed by atoms with E-state index < -0.39 is 5.91 Å². The van der Waals surface area contributed by atoms with Crippen LogP contribution in [0, 0.1) is 6.92 Å². The van der Waals surface area contributed by atoms with Crippen LogP contribution in [0.25, 0.3) is 10.9 Å². The first-order valence-electron chi connectivity index (χ1n) is 4.67. The first-order chi connectivity index (χ1) is 7.43. The first kappa shape index (κ1) is 11.5. The lowest BCUT2D eigenvalue weighted by Crippen LogP contribution is -2.16. The van der Waals surface area contributed by atoms with Crippen molar-refractivity contribution >= 4 is 44.3 Å². The smallest absolute Gasteiger partial charge is 0.265 e. The van der Waals surface area contributed by atoms with Gasteiger partial charge in [-0.05, 0) is 40.5 Å². The van der Waals surface area contributed by atoms with Crippen molar-refractivity contribution in [1.82, 2.24) is 4.57 Å². The van der Waals surface area contributed by atoms with Gasteiger partial charge in [-0.1, -0.05) is 11.6 Å². The molecule has 1 amide bonds. The summed E-state index contributed by atoms with van der Waals surface area (Å²) in [7, 11) is 1.81. The summed E-state index contributed by atoms with van der Waals surface area (Å²) in [4.78, 5) is 11.4. The van der Waals surface area contributed by atoms with Gasteiger partial charge in [-0.3, -0.25) is 4.79 Å². The average molecular weight is 302 g/mol. The topological polar surface area (TPSA) is 48.0 Å². The lowest BCUT2D eigenvalue weighted by Gasteiger charge is -2.02. The number of carbonyl (C=O) groups excluding carboxylic acids is 1. The molecule has 0 radical (unpaired) electrons. The van der Waals surface area contributed by atoms with Crippen molar-refractivity contribution in [2.24, 2.45) is 12.8 Å². The van der Waals surface area contributed by atoms with E-state index in [0.29, 0.717) is 10.7 Å². The molecule has 0 fully saturated rings. The number of aryl methyl sites for hydroxylation is 2. The van der Waals surface area contributed by atoms with Gasteiger partial charge in [0, 0.05) is 21.9 Å². The summed E-state index contributed by atoms with van der Waals surface area (Å²) in [5.41, 5.74) is 7.65. The van der Waals surface area contributed by atoms with Crippen LogP contribution in [0.1, 0.15) is 16.1 Å². The van der Waals surface area contributed by atoms with E-state index in [1.165, 1.54) is 0 Å². The van der Waals surface area contributed by atoms with Gasteiger partial charge < -0.3 is 10.3 Å². The van der Waals surface area contributed by atoms with Crippen molar-refractivity contribution in [3.8, 4) is 0 Å². The molecule has 2 N–H and O–H groups in total. The SMILES string of the molecule is Cc1c(C(N)=O)n(C)c2c(Br)cc(Cl)cc12. The lowest BCUT2D eigenvalue weighted by molar-refractivity contribution is 0.0992. The molecule has 0 aliphatic rings. The number of amides is 1. The molecule has 1 aromatic carbocycles. The lowest BCUT2D eigenvalue weighted by atomic mass is 10.1. The number of carbonyl (C=O) groups is 1. The molecule has 3 nitrogen and oxygen atoms in total. The van der Waals surface area contributed by atoms with Crippen LogP contribution in [-0.2, 0) is 7.05 Å². The van der Waals surface area contributed by atoms with Gasteiger partial charge in [-0.15, -0.1) is 0 Å². The second-order valence-corrected chi connectivity index (χ2v) is 4.97. The minimum absolute atomic E-state index is 0.431. The number of nitrogens with two attached hydrogens (primary N) is 1. The second-order valence-electron chi connectivity index (χ2n) is 3.68. The van der Waals surface area contributed by atoms with Gasteiger partial charge in [-0.25, -0.2) is 0 Å². The van der Waals surface area contributed by atoms with E-state index in [1.807, 2.05) is 20.0 Å². The van der Waals surface area contributed by atoms with E-state index in [9.17, 15) is 4.79 Å². The fourth-order valence-corrected chi connectivity index (χ4v) is 3.11. The Hall–Kier alpha value is -1.00. The normalized spacial score (nSPS) is 11.0. The molecule has 0 bridgehead atoms. The predicted octanol–water partition coefficient (Wildman–Crippen LogP) is 3.00. The summed E-state index contributed by atoms with van der Waals surface area (Å²) in [6.45, 7) is 1.87. The summed E-state index contributed by atoms with van der Waals surface area (Å²) in [5.74, 6) is -0.431. The molecular weight excluding hydrogens is 291 g/mol. The molecule has 0 unspecified atom stereocenters. The molecule has 1 aromatic heterocycles. The second kappa shape index (κ2) is 3.79. The van der Waals surface area contributed by atoms with Gasteiger partial charge in [0.2, 0.25) is 0 Å². The van der Waals surface area contributed by atoms with Crippen molar-refractivity contribution in [3.05, 3.63) is 32.9 Å². The Balaban J connectivity index is 2.99. The van der Waals surface area contributed by atoms with Crippen LogP contribution in [0.4, 0.5) is 0 Å². The van der Waals surface area contributed by atoms with Crippen LogP contribution in [-0.4, -0.2) is 10.5 Å². The Morgan fingerprint density at radius 2 is 2.12 bits per heavy atom. The Kier molecular flexibility index (Phi) is 2.72. The molecule has 0 saturated heterocycles. The van der Waals surface area contributed by atoms with Crippen molar-refractivity contribution < 1.29 is 4.79 Å². The maximum atomic E-state index is 11.4. The Morgan fingerprint density at radius 1 is 1.50 bits per heavy atom. The third kappa shape index (κ3) is 1.53. The molecular formula is C11H10BrClN2O. The highest BCUT2D eigenvalue weighted by molar-refractivity contribution is 9.10. The minimum atomic E-state index is -0.431. The van der Waals surface area contributed by atoms with Crippen LogP contribution < -0.4 is 5.73 Å². The van der Waals surface area contributed by atoms with Crippen LogP contribution in [0.5, 0.6) is 0 Å². The number of fused-ring (bicyclic) bond motifs is 1. The molecule has 2 aromatic rings. The summed E-state index contributed by atoms with van der Waals surface area (Å²) in [6.07, 6.45) is 0. The van der Waals surface area contributed by atoms with Gasteiger partial charge in [0.05, 0.1) is 5.52 Å². The van der Waals surface area contributed by atoms with Crippen LogP contribution in [0.3, 0.4) is 0 Å². The van der Waals surface area contributed by atoms with Gasteiger partial charge >= 0.3 is 0 Å². The Morgan fingerprint density at radius 3 is 2.69 bits per heavy atom. The van der Waals surface area contributed by atoms with Crippen molar-refractivity contribution in [2.75, 3.05) is 0 Å². The summed E-state index contributed by atoms with van der Waals surface area (Å²) in [6, 6.07) is 3.64. The quantitative estimate of drug-likeness (QED) is 0.865. The van der Waals surface area contributed by atoms with E-state index in [1.54, 1.807) is 10.6 Å². The zero-order valence-electron chi connectivity index (χ0n) is 8.84. The number of aromatic nitrogens is 1. The molecule has 2 rings (SSSR count). The van der Waals surface area contributed by atoms with Crippen LogP contribution in [0.2, 0.25) is 5.02 Å². The molecule has 1 heterocycles. The third-order valence-corrected chi connectivity index (χ3v) is 3.51. The van der Waals surface area contributed by atoms with Gasteiger partial charge in [-0.2, -0.15) is 0 Å². The number of benzene rings is 1. The number of rotatable bonds is 1. The highest BCUT2D eigenvalue weighted by atomic mass is 79.9. The number of hydrogen-bond acceptors (Lipinski definition) is 1. The van der Waals surface area contributed by atoms with E-state index in [2.05, 4.69) is 15.9 Å². The van der Waals surface area contributed by atoms with Crippen LogP contribution >= 0.6 is 27.5 Å². The van der Waals surface area contributed by atoms with Crippen molar-refractivity contribution in [1.29, 1.82) is 0 Å². The van der Waals surface area contributed by atoms with E-state index in [4.69, 9.17) is 17.3 Å². The maximum absolute atomic E-state index is 11.4. The third-order valence-electron chi connectivity index (χ3n) is 2.69. The number of primary amides is 1. The maximum Gasteiger partial charge on any atom is 0.265 e. The largest absolute Gasteiger partial charge is 0.364 e. The summed E-state index contributed by atoms with van der Waals surface area (Å²) < 4.78 is 2.64. The molecule has 0 aliphatic heterocycles. The molecule has 84 valence electrons. The fourth-order valence-electron chi connectivity index (χ4n) is 2.03. The average Bonchev–Trinajstić information content (AvgIpc) is 2.38. The summed E-state index contributed by atoms with van der Waals surface area (Å²) >= 11 is 9.42. The zero-order valence-corrected chi connectivity index (χ0v) is 11.2. The first-order valence-corrected chi connectivity index (χ1v) is 5.84. The monoisotopic (exact) mass is 300 g/mol. The van der Waals surface area contributed by atoms with E-state index >= 15 is 0 Å². The molecule has 16 heavy (non-hydrogen) atoms. The van der Waals surface area contributed by atoms with Gasteiger partial charge in [0.15, 0.2) is 0 Å². The van der Waals surface area contributed by atoms with Crippen molar-refractivity contribution in [2.45, 2.75) is 6.92 Å². The van der Waals surface area contributed by atoms with Crippen LogP contribution in [0.15, 0.2) is 16.6 Å².